The second-order valence-electron chi connectivity index (χ2n) is 4.97. The third kappa shape index (κ3) is 2.20. The van der Waals surface area contributed by atoms with Gasteiger partial charge in [-0.15, -0.1) is 0 Å². The maximum Gasteiger partial charge on any atom is 0.148 e. The number of nitrogens with one attached hydrogen (secondary N) is 1. The molecular formula is C16H17N3O. The van der Waals surface area contributed by atoms with Crippen LogP contribution in [0.3, 0.4) is 0 Å². The third-order valence-corrected chi connectivity index (χ3v) is 3.48. The van der Waals surface area contributed by atoms with Crippen LogP contribution < -0.4 is 5.32 Å². The van der Waals surface area contributed by atoms with E-state index in [4.69, 9.17) is 0 Å². The Morgan fingerprint density at radius 3 is 2.70 bits per heavy atom. The van der Waals surface area contributed by atoms with Gasteiger partial charge in [0, 0.05) is 30.3 Å². The third-order valence-electron chi connectivity index (χ3n) is 3.48. The van der Waals surface area contributed by atoms with E-state index in [1.54, 1.807) is 4.68 Å². The SMILES string of the molecule is CC(Nc1ccn(C)n1)c1ccc2ccccc2c1O. The lowest BCUT2D eigenvalue weighted by atomic mass is 10.0. The lowest BCUT2D eigenvalue weighted by Crippen LogP contribution is -2.07. The highest BCUT2D eigenvalue weighted by molar-refractivity contribution is 5.89. The number of phenolic OH excluding ortho intramolecular Hbond substituents is 1. The summed E-state index contributed by atoms with van der Waals surface area (Å²) in [5.74, 6) is 1.13. The highest BCUT2D eigenvalue weighted by Crippen LogP contribution is 2.33. The van der Waals surface area contributed by atoms with Gasteiger partial charge in [-0.1, -0.05) is 36.4 Å². The zero-order valence-corrected chi connectivity index (χ0v) is 11.5. The summed E-state index contributed by atoms with van der Waals surface area (Å²) < 4.78 is 1.75. The summed E-state index contributed by atoms with van der Waals surface area (Å²) >= 11 is 0. The number of aryl methyl sites for hydroxylation is 1. The van der Waals surface area contributed by atoms with Gasteiger partial charge in [0.1, 0.15) is 11.6 Å². The van der Waals surface area contributed by atoms with Gasteiger partial charge in [-0.2, -0.15) is 5.10 Å². The lowest BCUT2D eigenvalue weighted by Gasteiger charge is -2.16. The summed E-state index contributed by atoms with van der Waals surface area (Å²) in [7, 11) is 1.88. The van der Waals surface area contributed by atoms with E-state index in [0.717, 1.165) is 22.2 Å². The number of aromatic hydroxyl groups is 1. The molecule has 4 nitrogen and oxygen atoms in total. The molecule has 3 rings (SSSR count). The maximum absolute atomic E-state index is 10.4. The van der Waals surface area contributed by atoms with Crippen molar-refractivity contribution in [3.8, 4) is 5.75 Å². The molecule has 0 aliphatic carbocycles. The number of rotatable bonds is 3. The molecule has 102 valence electrons. The Balaban J connectivity index is 1.95. The first-order chi connectivity index (χ1) is 9.65. The lowest BCUT2D eigenvalue weighted by molar-refractivity contribution is 0.472. The summed E-state index contributed by atoms with van der Waals surface area (Å²) in [5.41, 5.74) is 0.870. The number of benzene rings is 2. The number of anilines is 1. The fourth-order valence-corrected chi connectivity index (χ4v) is 2.41. The summed E-state index contributed by atoms with van der Waals surface area (Å²) in [4.78, 5) is 0. The van der Waals surface area contributed by atoms with Gasteiger partial charge >= 0.3 is 0 Å². The second kappa shape index (κ2) is 4.89. The molecule has 2 N–H and O–H groups in total. The molecule has 0 radical (unpaired) electrons. The Kier molecular flexibility index (Phi) is 3.06. The van der Waals surface area contributed by atoms with Crippen LogP contribution in [0, 0.1) is 0 Å². The Labute approximate surface area is 117 Å². The number of hydrogen-bond acceptors (Lipinski definition) is 3. The molecule has 1 unspecified atom stereocenters. The van der Waals surface area contributed by atoms with Gasteiger partial charge in [0.2, 0.25) is 0 Å². The summed E-state index contributed by atoms with van der Waals surface area (Å²) in [6.07, 6.45) is 1.88. The molecular weight excluding hydrogens is 250 g/mol. The van der Waals surface area contributed by atoms with Crippen molar-refractivity contribution in [3.05, 3.63) is 54.2 Å². The van der Waals surface area contributed by atoms with Gasteiger partial charge in [-0.05, 0) is 12.3 Å². The van der Waals surface area contributed by atoms with Crippen LogP contribution in [-0.4, -0.2) is 14.9 Å². The first-order valence-electron chi connectivity index (χ1n) is 6.62. The average molecular weight is 267 g/mol. The predicted molar refractivity (Wildman–Crippen MR) is 80.9 cm³/mol. The number of aromatic nitrogens is 2. The highest BCUT2D eigenvalue weighted by Gasteiger charge is 2.13. The smallest absolute Gasteiger partial charge is 0.148 e. The van der Waals surface area contributed by atoms with Gasteiger partial charge in [0.25, 0.3) is 0 Å². The molecule has 3 aromatic rings. The molecule has 0 bridgehead atoms. The van der Waals surface area contributed by atoms with E-state index in [1.165, 1.54) is 0 Å². The van der Waals surface area contributed by atoms with E-state index < -0.39 is 0 Å². The summed E-state index contributed by atoms with van der Waals surface area (Å²) in [5, 5.41) is 19.9. The molecule has 0 spiro atoms. The maximum atomic E-state index is 10.4. The Hall–Kier alpha value is -2.49. The molecule has 0 aliphatic heterocycles. The Bertz CT molecular complexity index is 748. The van der Waals surface area contributed by atoms with Crippen LogP contribution in [0.1, 0.15) is 18.5 Å². The second-order valence-corrected chi connectivity index (χ2v) is 4.97. The van der Waals surface area contributed by atoms with E-state index in [1.807, 2.05) is 62.6 Å². The van der Waals surface area contributed by atoms with Gasteiger partial charge in [-0.3, -0.25) is 4.68 Å². The van der Waals surface area contributed by atoms with Crippen LogP contribution in [0.5, 0.6) is 5.75 Å². The van der Waals surface area contributed by atoms with E-state index >= 15 is 0 Å². The Morgan fingerprint density at radius 1 is 1.15 bits per heavy atom. The first kappa shape index (κ1) is 12.5. The fourth-order valence-electron chi connectivity index (χ4n) is 2.41. The fraction of sp³-hybridized carbons (Fsp3) is 0.188. The molecule has 0 aliphatic rings. The highest BCUT2D eigenvalue weighted by atomic mass is 16.3. The van der Waals surface area contributed by atoms with E-state index in [-0.39, 0.29) is 6.04 Å². The zero-order chi connectivity index (χ0) is 14.1. The number of hydrogen-bond donors (Lipinski definition) is 2. The van der Waals surface area contributed by atoms with Gasteiger partial charge < -0.3 is 10.4 Å². The van der Waals surface area contributed by atoms with Crippen molar-refractivity contribution in [2.24, 2.45) is 7.05 Å². The molecule has 0 saturated heterocycles. The molecule has 2 aromatic carbocycles. The molecule has 0 amide bonds. The average Bonchev–Trinajstić information content (AvgIpc) is 2.84. The van der Waals surface area contributed by atoms with Crippen molar-refractivity contribution in [2.45, 2.75) is 13.0 Å². The largest absolute Gasteiger partial charge is 0.507 e. The Morgan fingerprint density at radius 2 is 1.95 bits per heavy atom. The standard InChI is InChI=1S/C16H17N3O/c1-11(17-15-9-10-19(2)18-15)13-8-7-12-5-3-4-6-14(12)16(13)20/h3-11,20H,1-2H3,(H,17,18). The topological polar surface area (TPSA) is 50.1 Å². The monoisotopic (exact) mass is 267 g/mol. The van der Waals surface area contributed by atoms with Crippen LogP contribution in [0.4, 0.5) is 5.82 Å². The van der Waals surface area contributed by atoms with Crippen LogP contribution in [-0.2, 0) is 7.05 Å². The zero-order valence-electron chi connectivity index (χ0n) is 11.5. The summed E-state index contributed by atoms with van der Waals surface area (Å²) in [6, 6.07) is 13.7. The minimum atomic E-state index is -0.0190. The molecule has 1 atom stereocenters. The van der Waals surface area contributed by atoms with Crippen LogP contribution in [0.2, 0.25) is 0 Å². The van der Waals surface area contributed by atoms with Crippen LogP contribution in [0.15, 0.2) is 48.7 Å². The van der Waals surface area contributed by atoms with Crippen molar-refractivity contribution in [3.63, 3.8) is 0 Å². The minimum Gasteiger partial charge on any atom is -0.507 e. The normalized spacial score (nSPS) is 12.5. The predicted octanol–water partition coefficient (Wildman–Crippen LogP) is 3.45. The van der Waals surface area contributed by atoms with Crippen molar-refractivity contribution in [2.75, 3.05) is 5.32 Å². The van der Waals surface area contributed by atoms with Gasteiger partial charge in [0.15, 0.2) is 0 Å². The molecule has 1 heterocycles. The number of fused-ring (bicyclic) bond motifs is 1. The van der Waals surface area contributed by atoms with Crippen molar-refractivity contribution in [1.29, 1.82) is 0 Å². The molecule has 1 aromatic heterocycles. The molecule has 20 heavy (non-hydrogen) atoms. The quantitative estimate of drug-likeness (QED) is 0.764. The van der Waals surface area contributed by atoms with E-state index in [0.29, 0.717) is 5.75 Å². The van der Waals surface area contributed by atoms with Crippen LogP contribution >= 0.6 is 0 Å². The number of phenols is 1. The molecule has 0 fully saturated rings. The molecule has 4 heteroatoms. The van der Waals surface area contributed by atoms with Crippen molar-refractivity contribution in [1.82, 2.24) is 9.78 Å². The summed E-state index contributed by atoms with van der Waals surface area (Å²) in [6.45, 7) is 2.01. The minimum absolute atomic E-state index is 0.0190. The van der Waals surface area contributed by atoms with Gasteiger partial charge in [0.05, 0.1) is 6.04 Å². The number of nitrogens with zero attached hydrogens (tertiary/aromatic N) is 2. The van der Waals surface area contributed by atoms with E-state index in [9.17, 15) is 5.11 Å². The van der Waals surface area contributed by atoms with E-state index in [2.05, 4.69) is 10.4 Å². The van der Waals surface area contributed by atoms with Crippen LogP contribution in [0.25, 0.3) is 10.8 Å². The molecule has 0 saturated carbocycles. The van der Waals surface area contributed by atoms with Crippen molar-refractivity contribution < 1.29 is 5.11 Å². The first-order valence-corrected chi connectivity index (χ1v) is 6.62. The van der Waals surface area contributed by atoms with Gasteiger partial charge in [-0.25, -0.2) is 0 Å². The van der Waals surface area contributed by atoms with Crippen molar-refractivity contribution >= 4 is 16.6 Å².